The van der Waals surface area contributed by atoms with Gasteiger partial charge in [-0.2, -0.15) is 5.10 Å². The van der Waals surface area contributed by atoms with Gasteiger partial charge in [-0.25, -0.2) is 13.2 Å². The van der Waals surface area contributed by atoms with Crippen molar-refractivity contribution in [1.29, 1.82) is 0 Å². The van der Waals surface area contributed by atoms with E-state index in [1.54, 1.807) is 7.05 Å². The molecule has 1 aliphatic rings. The zero-order valence-corrected chi connectivity index (χ0v) is 16.7. The Bertz CT molecular complexity index is 1110. The lowest BCUT2D eigenvalue weighted by Crippen LogP contribution is -2.37. The SMILES string of the molecule is CN(CCO)C(O)c1n[nH]c2c1CN(C(=O)c1cc3c(C(F)F)cc(F)cc3[nH]1)CC2. The summed E-state index contributed by atoms with van der Waals surface area (Å²) in [7, 11) is 1.64. The number of fused-ring (bicyclic) bond motifs is 2. The predicted octanol–water partition coefficient (Wildman–Crippen LogP) is 2.08. The summed E-state index contributed by atoms with van der Waals surface area (Å²) in [5.41, 5.74) is 1.57. The lowest BCUT2D eigenvalue weighted by Gasteiger charge is -2.28. The van der Waals surface area contributed by atoms with Gasteiger partial charge in [0.15, 0.2) is 6.23 Å². The lowest BCUT2D eigenvalue weighted by atomic mass is 10.0. The zero-order chi connectivity index (χ0) is 22.3. The van der Waals surface area contributed by atoms with Crippen LogP contribution in [0, 0.1) is 5.82 Å². The van der Waals surface area contributed by atoms with Gasteiger partial charge >= 0.3 is 0 Å². The van der Waals surface area contributed by atoms with Crippen molar-refractivity contribution in [2.45, 2.75) is 25.6 Å². The van der Waals surface area contributed by atoms with Gasteiger partial charge in [0.05, 0.1) is 6.61 Å². The Morgan fingerprint density at radius 2 is 2.13 bits per heavy atom. The molecule has 3 aromatic rings. The Kier molecular flexibility index (Phi) is 5.73. The van der Waals surface area contributed by atoms with Gasteiger partial charge in [0.25, 0.3) is 12.3 Å². The average Bonchev–Trinajstić information content (AvgIpc) is 3.35. The Hall–Kier alpha value is -2.89. The molecule has 4 rings (SSSR count). The van der Waals surface area contributed by atoms with E-state index in [9.17, 15) is 23.1 Å². The topological polar surface area (TPSA) is 108 Å². The third-order valence-electron chi connectivity index (χ3n) is 5.57. The molecule has 0 bridgehead atoms. The zero-order valence-electron chi connectivity index (χ0n) is 16.7. The van der Waals surface area contributed by atoms with E-state index in [1.165, 1.54) is 15.9 Å². The number of halogens is 3. The minimum absolute atomic E-state index is 0.0777. The van der Waals surface area contributed by atoms with Crippen LogP contribution in [0.1, 0.15) is 45.7 Å². The summed E-state index contributed by atoms with van der Waals surface area (Å²) in [4.78, 5) is 18.8. The highest BCUT2D eigenvalue weighted by atomic mass is 19.3. The second kappa shape index (κ2) is 8.33. The van der Waals surface area contributed by atoms with Crippen LogP contribution in [0.15, 0.2) is 18.2 Å². The van der Waals surface area contributed by atoms with E-state index in [-0.39, 0.29) is 36.3 Å². The van der Waals surface area contributed by atoms with Crippen LogP contribution in [-0.4, -0.2) is 67.8 Å². The molecule has 11 heteroatoms. The highest BCUT2D eigenvalue weighted by Crippen LogP contribution is 2.31. The number of aromatic nitrogens is 3. The molecule has 1 unspecified atom stereocenters. The Morgan fingerprint density at radius 3 is 2.84 bits per heavy atom. The molecule has 0 fully saturated rings. The monoisotopic (exact) mass is 437 g/mol. The maximum atomic E-state index is 13.7. The minimum Gasteiger partial charge on any atom is -0.395 e. The summed E-state index contributed by atoms with van der Waals surface area (Å²) >= 11 is 0. The molecule has 0 spiro atoms. The Morgan fingerprint density at radius 1 is 1.35 bits per heavy atom. The number of amides is 1. The average molecular weight is 437 g/mol. The fraction of sp³-hybridized carbons (Fsp3) is 0.400. The molecule has 1 atom stereocenters. The molecule has 8 nitrogen and oxygen atoms in total. The van der Waals surface area contributed by atoms with Crippen LogP contribution >= 0.6 is 0 Å². The van der Waals surface area contributed by atoms with Crippen molar-refractivity contribution in [3.63, 3.8) is 0 Å². The van der Waals surface area contributed by atoms with Gasteiger partial charge in [0.1, 0.15) is 17.2 Å². The molecule has 1 aromatic carbocycles. The van der Waals surface area contributed by atoms with Gasteiger partial charge in [0.2, 0.25) is 0 Å². The third-order valence-corrected chi connectivity index (χ3v) is 5.57. The lowest BCUT2D eigenvalue weighted by molar-refractivity contribution is 0.00674. The summed E-state index contributed by atoms with van der Waals surface area (Å²) in [6.07, 6.45) is -3.46. The van der Waals surface area contributed by atoms with Crippen LogP contribution in [-0.2, 0) is 13.0 Å². The molecule has 0 radical (unpaired) electrons. The molecular weight excluding hydrogens is 415 g/mol. The maximum absolute atomic E-state index is 13.7. The number of nitrogens with one attached hydrogen (secondary N) is 2. The normalized spacial score (nSPS) is 15.2. The third kappa shape index (κ3) is 3.91. The maximum Gasteiger partial charge on any atom is 0.270 e. The molecule has 31 heavy (non-hydrogen) atoms. The number of hydrogen-bond donors (Lipinski definition) is 4. The Labute approximate surface area is 175 Å². The van der Waals surface area contributed by atoms with Crippen molar-refractivity contribution in [2.75, 3.05) is 26.7 Å². The first-order valence-electron chi connectivity index (χ1n) is 9.75. The predicted molar refractivity (Wildman–Crippen MR) is 105 cm³/mol. The smallest absolute Gasteiger partial charge is 0.270 e. The fourth-order valence-corrected chi connectivity index (χ4v) is 3.89. The van der Waals surface area contributed by atoms with Crippen molar-refractivity contribution in [3.05, 3.63) is 52.2 Å². The second-order valence-electron chi connectivity index (χ2n) is 7.56. The van der Waals surface area contributed by atoms with Gasteiger partial charge < -0.3 is 20.1 Å². The number of aliphatic hydroxyl groups is 2. The number of carbonyl (C=O) groups is 1. The van der Waals surface area contributed by atoms with E-state index in [0.29, 0.717) is 24.2 Å². The van der Waals surface area contributed by atoms with E-state index < -0.39 is 29.9 Å². The molecular formula is C20H22F3N5O3. The van der Waals surface area contributed by atoms with E-state index in [2.05, 4.69) is 15.2 Å². The van der Waals surface area contributed by atoms with Crippen LogP contribution in [0.5, 0.6) is 0 Å². The van der Waals surface area contributed by atoms with Crippen LogP contribution < -0.4 is 0 Å². The van der Waals surface area contributed by atoms with E-state index in [1.807, 2.05) is 0 Å². The number of H-pyrrole nitrogens is 2. The number of hydrogen-bond acceptors (Lipinski definition) is 5. The highest BCUT2D eigenvalue weighted by Gasteiger charge is 2.30. The Balaban J connectivity index is 1.61. The molecule has 0 aliphatic carbocycles. The molecule has 0 saturated heterocycles. The number of nitrogens with zero attached hydrogens (tertiary/aromatic N) is 3. The molecule has 3 heterocycles. The van der Waals surface area contributed by atoms with E-state index >= 15 is 0 Å². The van der Waals surface area contributed by atoms with Crippen LogP contribution in [0.3, 0.4) is 0 Å². The molecule has 2 aromatic heterocycles. The number of alkyl halides is 2. The van der Waals surface area contributed by atoms with Gasteiger partial charge in [-0.15, -0.1) is 0 Å². The first kappa shape index (κ1) is 21.3. The number of benzene rings is 1. The van der Waals surface area contributed by atoms with Crippen molar-refractivity contribution >= 4 is 16.8 Å². The summed E-state index contributed by atoms with van der Waals surface area (Å²) in [6.45, 7) is 0.632. The number of aliphatic hydroxyl groups excluding tert-OH is 2. The molecule has 1 aliphatic heterocycles. The first-order valence-corrected chi connectivity index (χ1v) is 9.75. The molecule has 166 valence electrons. The molecule has 4 N–H and O–H groups in total. The second-order valence-corrected chi connectivity index (χ2v) is 7.56. The largest absolute Gasteiger partial charge is 0.395 e. The number of likely N-dealkylation sites (N-methyl/N-ethyl adjacent to an activating group) is 1. The standard InChI is InChI=1S/C20H22F3N5O3/c1-27(4-5-29)20(31)17-13-9-28(3-2-14(13)25-26-17)19(30)16-8-11-12(18(22)23)6-10(21)7-15(11)24-16/h6-8,18,20,24,29,31H,2-5,9H2,1H3,(H,25,26). The number of rotatable bonds is 6. The summed E-state index contributed by atoms with van der Waals surface area (Å²) in [6, 6.07) is 3.16. The van der Waals surface area contributed by atoms with E-state index in [4.69, 9.17) is 5.11 Å². The minimum atomic E-state index is -2.87. The highest BCUT2D eigenvalue weighted by molar-refractivity contribution is 5.99. The van der Waals surface area contributed by atoms with Crippen molar-refractivity contribution in [1.82, 2.24) is 25.0 Å². The summed E-state index contributed by atoms with van der Waals surface area (Å²) in [5, 5.41) is 26.8. The van der Waals surface area contributed by atoms with E-state index in [0.717, 1.165) is 17.8 Å². The molecule has 0 saturated carbocycles. The summed E-state index contributed by atoms with van der Waals surface area (Å²) in [5.74, 6) is -1.23. The van der Waals surface area contributed by atoms with Gasteiger partial charge in [-0.05, 0) is 25.2 Å². The summed E-state index contributed by atoms with van der Waals surface area (Å²) < 4.78 is 40.3. The fourth-order valence-electron chi connectivity index (χ4n) is 3.89. The number of aromatic amines is 2. The van der Waals surface area contributed by atoms with Crippen molar-refractivity contribution in [2.24, 2.45) is 0 Å². The first-order chi connectivity index (χ1) is 14.8. The van der Waals surface area contributed by atoms with Gasteiger partial charge in [0, 0.05) is 53.8 Å². The van der Waals surface area contributed by atoms with Crippen LogP contribution in [0.4, 0.5) is 13.2 Å². The van der Waals surface area contributed by atoms with Gasteiger partial charge in [-0.1, -0.05) is 0 Å². The molecule has 1 amide bonds. The van der Waals surface area contributed by atoms with Crippen molar-refractivity contribution in [3.8, 4) is 0 Å². The van der Waals surface area contributed by atoms with Crippen molar-refractivity contribution < 1.29 is 28.2 Å². The van der Waals surface area contributed by atoms with Gasteiger partial charge in [-0.3, -0.25) is 14.8 Å². The van der Waals surface area contributed by atoms with Crippen LogP contribution in [0.2, 0.25) is 0 Å². The number of carbonyl (C=O) groups excluding carboxylic acids is 1. The quantitative estimate of drug-likeness (QED) is 0.442. The van der Waals surface area contributed by atoms with Crippen LogP contribution in [0.25, 0.3) is 10.9 Å².